The topological polar surface area (TPSA) is 66.2 Å². The van der Waals surface area contributed by atoms with E-state index in [1.165, 1.54) is 24.0 Å². The van der Waals surface area contributed by atoms with Gasteiger partial charge in [-0.15, -0.1) is 0 Å². The summed E-state index contributed by atoms with van der Waals surface area (Å²) in [4.78, 5) is 11.7. The van der Waals surface area contributed by atoms with Gasteiger partial charge in [-0.3, -0.25) is 0 Å². The second-order valence-corrected chi connectivity index (χ2v) is 9.83. The number of para-hydroxylation sites is 1. The number of rotatable bonds is 9. The van der Waals surface area contributed by atoms with E-state index in [0.29, 0.717) is 12.0 Å². The summed E-state index contributed by atoms with van der Waals surface area (Å²) < 4.78 is 5.56. The molecule has 2 aromatic heterocycles. The maximum Gasteiger partial charge on any atom is 0.225 e. The van der Waals surface area contributed by atoms with Gasteiger partial charge >= 0.3 is 0 Å². The van der Waals surface area contributed by atoms with E-state index < -0.39 is 0 Å². The summed E-state index contributed by atoms with van der Waals surface area (Å²) in [6, 6.07) is 23.1. The molecule has 0 atom stereocenters. The molecule has 0 aliphatic heterocycles. The van der Waals surface area contributed by atoms with E-state index in [9.17, 15) is 0 Å². The number of benzene rings is 2. The van der Waals surface area contributed by atoms with E-state index in [4.69, 9.17) is 14.4 Å². The maximum atomic E-state index is 5.56. The summed E-state index contributed by atoms with van der Waals surface area (Å²) in [6.45, 7) is 1.84. The molecule has 0 unspecified atom stereocenters. The SMILES string of the molecule is CN(C)c1nc(N[C@H]2CC[C@@H](CNC/C(=C\c3ccco3)c3ccccc3)CC2)nc2ccccc12. The first-order valence-corrected chi connectivity index (χ1v) is 12.9. The number of hydrogen-bond donors (Lipinski definition) is 2. The van der Waals surface area contributed by atoms with Crippen LogP contribution in [0, 0.1) is 5.92 Å². The fourth-order valence-corrected chi connectivity index (χ4v) is 5.00. The van der Waals surface area contributed by atoms with Crippen molar-refractivity contribution < 1.29 is 4.42 Å². The van der Waals surface area contributed by atoms with Gasteiger partial charge in [0, 0.05) is 32.1 Å². The molecule has 2 heterocycles. The average molecular weight is 482 g/mol. The van der Waals surface area contributed by atoms with Crippen molar-refractivity contribution >= 4 is 34.3 Å². The van der Waals surface area contributed by atoms with E-state index in [1.54, 1.807) is 6.26 Å². The number of furan rings is 1. The molecule has 36 heavy (non-hydrogen) atoms. The van der Waals surface area contributed by atoms with E-state index in [0.717, 1.165) is 54.4 Å². The molecule has 6 heteroatoms. The molecule has 1 aliphatic carbocycles. The van der Waals surface area contributed by atoms with Gasteiger partial charge in [-0.05, 0) is 79.6 Å². The lowest BCUT2D eigenvalue weighted by Gasteiger charge is -2.29. The molecule has 4 aromatic rings. The summed E-state index contributed by atoms with van der Waals surface area (Å²) in [6.07, 6.45) is 8.51. The van der Waals surface area contributed by atoms with Crippen LogP contribution >= 0.6 is 0 Å². The molecule has 186 valence electrons. The van der Waals surface area contributed by atoms with Gasteiger partial charge in [0.2, 0.25) is 5.95 Å². The minimum absolute atomic E-state index is 0.413. The molecule has 0 bridgehead atoms. The fourth-order valence-electron chi connectivity index (χ4n) is 5.00. The number of hydrogen-bond acceptors (Lipinski definition) is 6. The van der Waals surface area contributed by atoms with Gasteiger partial charge in [-0.25, -0.2) is 4.98 Å². The molecular formula is C30H35N5O. The summed E-state index contributed by atoms with van der Waals surface area (Å²) in [5.74, 6) is 3.25. The summed E-state index contributed by atoms with van der Waals surface area (Å²) in [5.41, 5.74) is 3.45. The average Bonchev–Trinajstić information content (AvgIpc) is 3.42. The van der Waals surface area contributed by atoms with Crippen LogP contribution in [-0.4, -0.2) is 43.2 Å². The minimum Gasteiger partial charge on any atom is -0.465 e. The van der Waals surface area contributed by atoms with Crippen LogP contribution in [0.2, 0.25) is 0 Å². The van der Waals surface area contributed by atoms with Crippen LogP contribution in [0.15, 0.2) is 77.4 Å². The Morgan fingerprint density at radius 3 is 2.47 bits per heavy atom. The zero-order valence-electron chi connectivity index (χ0n) is 21.2. The van der Waals surface area contributed by atoms with Gasteiger partial charge in [0.15, 0.2) is 0 Å². The quantitative estimate of drug-likeness (QED) is 0.302. The van der Waals surface area contributed by atoms with Crippen molar-refractivity contribution in [1.29, 1.82) is 0 Å². The Morgan fingerprint density at radius 2 is 1.72 bits per heavy atom. The number of anilines is 2. The van der Waals surface area contributed by atoms with Crippen molar-refractivity contribution in [3.05, 3.63) is 84.3 Å². The zero-order valence-corrected chi connectivity index (χ0v) is 21.2. The summed E-state index contributed by atoms with van der Waals surface area (Å²) >= 11 is 0. The highest BCUT2D eigenvalue weighted by molar-refractivity contribution is 5.90. The Bertz CT molecular complexity index is 1280. The van der Waals surface area contributed by atoms with E-state index in [1.807, 2.05) is 38.4 Å². The van der Waals surface area contributed by atoms with Crippen molar-refractivity contribution in [2.24, 2.45) is 5.92 Å². The van der Waals surface area contributed by atoms with E-state index >= 15 is 0 Å². The second kappa shape index (κ2) is 11.4. The van der Waals surface area contributed by atoms with Crippen LogP contribution in [0.4, 0.5) is 11.8 Å². The van der Waals surface area contributed by atoms with E-state index in [-0.39, 0.29) is 0 Å². The monoisotopic (exact) mass is 481 g/mol. The van der Waals surface area contributed by atoms with Crippen LogP contribution < -0.4 is 15.5 Å². The van der Waals surface area contributed by atoms with Crippen LogP contribution in [0.25, 0.3) is 22.6 Å². The largest absolute Gasteiger partial charge is 0.465 e. The predicted octanol–water partition coefficient (Wildman–Crippen LogP) is 6.09. The standard InChI is InChI=1S/C30H35N5O/c1-35(2)29-27-12-6-7-13-28(27)33-30(34-29)32-25-16-14-22(15-17-25)20-31-21-24(19-26-11-8-18-36-26)23-9-4-3-5-10-23/h3-13,18-19,22,25,31H,14-17,20-21H2,1-2H3,(H,32,33,34)/b24-19+/t22-,25+. The molecule has 1 saturated carbocycles. The van der Waals surface area contributed by atoms with Gasteiger partial charge in [-0.2, -0.15) is 4.98 Å². The van der Waals surface area contributed by atoms with Crippen molar-refractivity contribution in [2.75, 3.05) is 37.4 Å². The fraction of sp³-hybridized carbons (Fsp3) is 0.333. The third kappa shape index (κ3) is 5.94. The highest BCUT2D eigenvalue weighted by Crippen LogP contribution is 2.28. The van der Waals surface area contributed by atoms with Crippen molar-refractivity contribution in [3.63, 3.8) is 0 Å². The Kier molecular flexibility index (Phi) is 7.62. The van der Waals surface area contributed by atoms with Crippen molar-refractivity contribution in [2.45, 2.75) is 31.7 Å². The molecule has 0 amide bonds. The first-order valence-electron chi connectivity index (χ1n) is 12.9. The third-order valence-electron chi connectivity index (χ3n) is 6.94. The molecule has 6 nitrogen and oxygen atoms in total. The Morgan fingerprint density at radius 1 is 0.944 bits per heavy atom. The molecule has 2 aromatic carbocycles. The molecular weight excluding hydrogens is 446 g/mol. The summed E-state index contributed by atoms with van der Waals surface area (Å²) in [7, 11) is 4.06. The van der Waals surface area contributed by atoms with Gasteiger partial charge in [0.05, 0.1) is 11.8 Å². The molecule has 1 fully saturated rings. The highest BCUT2D eigenvalue weighted by atomic mass is 16.3. The highest BCUT2D eigenvalue weighted by Gasteiger charge is 2.22. The van der Waals surface area contributed by atoms with Gasteiger partial charge in [0.25, 0.3) is 0 Å². The van der Waals surface area contributed by atoms with Gasteiger partial charge < -0.3 is 20.0 Å². The predicted molar refractivity (Wildman–Crippen MR) is 149 cm³/mol. The van der Waals surface area contributed by atoms with Crippen LogP contribution in [0.3, 0.4) is 0 Å². The summed E-state index contributed by atoms with van der Waals surface area (Å²) in [5, 5.41) is 8.41. The maximum absolute atomic E-state index is 5.56. The molecule has 0 spiro atoms. The Labute approximate surface area is 213 Å². The van der Waals surface area contributed by atoms with Gasteiger partial charge in [0.1, 0.15) is 11.6 Å². The second-order valence-electron chi connectivity index (χ2n) is 9.83. The molecule has 0 radical (unpaired) electrons. The lowest BCUT2D eigenvalue weighted by atomic mass is 9.86. The minimum atomic E-state index is 0.413. The van der Waals surface area contributed by atoms with Crippen molar-refractivity contribution in [3.8, 4) is 0 Å². The normalized spacial score (nSPS) is 18.3. The van der Waals surface area contributed by atoms with Crippen LogP contribution in [0.5, 0.6) is 0 Å². The van der Waals surface area contributed by atoms with Gasteiger partial charge in [-0.1, -0.05) is 42.5 Å². The lowest BCUT2D eigenvalue weighted by Crippen LogP contribution is -2.32. The molecule has 1 aliphatic rings. The number of fused-ring (bicyclic) bond motifs is 1. The molecule has 0 saturated heterocycles. The number of nitrogens with zero attached hydrogens (tertiary/aromatic N) is 3. The Balaban J connectivity index is 1.15. The zero-order chi connectivity index (χ0) is 24.7. The third-order valence-corrected chi connectivity index (χ3v) is 6.94. The number of aromatic nitrogens is 2. The first kappa shape index (κ1) is 24.1. The smallest absolute Gasteiger partial charge is 0.225 e. The van der Waals surface area contributed by atoms with E-state index in [2.05, 4.69) is 64.1 Å². The number of nitrogens with one attached hydrogen (secondary N) is 2. The van der Waals surface area contributed by atoms with Crippen LogP contribution in [0.1, 0.15) is 37.0 Å². The van der Waals surface area contributed by atoms with Crippen molar-refractivity contribution in [1.82, 2.24) is 15.3 Å². The lowest BCUT2D eigenvalue weighted by molar-refractivity contribution is 0.328. The Hall–Kier alpha value is -3.64. The first-order chi connectivity index (χ1) is 17.7. The van der Waals surface area contributed by atoms with Crippen LogP contribution in [-0.2, 0) is 0 Å². The molecule has 2 N–H and O–H groups in total. The molecule has 5 rings (SSSR count).